The van der Waals surface area contributed by atoms with E-state index in [0.717, 1.165) is 44.9 Å². The van der Waals surface area contributed by atoms with Gasteiger partial charge in [0.05, 0.1) is 11.6 Å². The van der Waals surface area contributed by atoms with Crippen LogP contribution in [0, 0.1) is 5.92 Å². The molecule has 0 aliphatic carbocycles. The van der Waals surface area contributed by atoms with E-state index in [1.165, 1.54) is 0 Å². The predicted octanol–water partition coefficient (Wildman–Crippen LogP) is 3.58. The van der Waals surface area contributed by atoms with E-state index in [4.69, 9.17) is 32.9 Å². The summed E-state index contributed by atoms with van der Waals surface area (Å²) >= 11 is 12.0. The van der Waals surface area contributed by atoms with Crippen LogP contribution in [0.3, 0.4) is 0 Å². The Balaban J connectivity index is 1.76. The molecule has 1 aromatic carbocycles. The van der Waals surface area contributed by atoms with Gasteiger partial charge in [-0.3, -0.25) is 9.79 Å². The maximum absolute atomic E-state index is 11.6. The molecule has 0 unspecified atom stereocenters. The molecule has 1 aliphatic heterocycles. The summed E-state index contributed by atoms with van der Waals surface area (Å²) in [7, 11) is 1.69. The van der Waals surface area contributed by atoms with Gasteiger partial charge in [-0.05, 0) is 43.9 Å². The summed E-state index contributed by atoms with van der Waals surface area (Å²) in [5.74, 6) is 2.15. The van der Waals surface area contributed by atoms with Crippen molar-refractivity contribution in [3.63, 3.8) is 0 Å². The molecule has 2 rings (SSSR count). The molecule has 1 saturated heterocycles. The third-order valence-electron chi connectivity index (χ3n) is 4.72. The highest BCUT2D eigenvalue weighted by Gasteiger charge is 2.22. The number of carbonyl (C=O) groups excluding carboxylic acids is 1. The van der Waals surface area contributed by atoms with Crippen molar-refractivity contribution in [2.75, 3.05) is 39.8 Å². The van der Waals surface area contributed by atoms with E-state index in [9.17, 15) is 4.79 Å². The van der Waals surface area contributed by atoms with Crippen molar-refractivity contribution < 1.29 is 9.53 Å². The first-order valence-corrected chi connectivity index (χ1v) is 10.6. The van der Waals surface area contributed by atoms with Crippen molar-refractivity contribution in [2.45, 2.75) is 32.6 Å². The topological polar surface area (TPSA) is 66.0 Å². The Morgan fingerprint density at radius 2 is 2.07 bits per heavy atom. The summed E-state index contributed by atoms with van der Waals surface area (Å²) in [6.45, 7) is 5.95. The number of rotatable bonds is 8. The summed E-state index contributed by atoms with van der Waals surface area (Å²) in [5.41, 5.74) is 0. The fourth-order valence-electron chi connectivity index (χ4n) is 3.16. The molecule has 0 bridgehead atoms. The highest BCUT2D eigenvalue weighted by atomic mass is 35.5. The molecular weight excluding hydrogens is 399 g/mol. The number of nitrogens with one attached hydrogen (secondary N) is 2. The fourth-order valence-corrected chi connectivity index (χ4v) is 3.63. The molecule has 1 heterocycles. The Hall–Kier alpha value is -1.66. The molecule has 2 N–H and O–H groups in total. The van der Waals surface area contributed by atoms with Gasteiger partial charge in [-0.15, -0.1) is 0 Å². The lowest BCUT2D eigenvalue weighted by Crippen LogP contribution is -2.46. The first-order chi connectivity index (χ1) is 13.5. The molecule has 28 heavy (non-hydrogen) atoms. The number of benzene rings is 1. The lowest BCUT2D eigenvalue weighted by atomic mass is 9.93. The van der Waals surface area contributed by atoms with E-state index in [0.29, 0.717) is 41.3 Å². The Bertz CT molecular complexity index is 662. The first kappa shape index (κ1) is 22.6. The Labute approximate surface area is 177 Å². The van der Waals surface area contributed by atoms with Crippen molar-refractivity contribution in [3.05, 3.63) is 28.2 Å². The lowest BCUT2D eigenvalue weighted by Gasteiger charge is -2.34. The van der Waals surface area contributed by atoms with Gasteiger partial charge >= 0.3 is 0 Å². The number of hydrogen-bond acceptors (Lipinski definition) is 3. The van der Waals surface area contributed by atoms with Crippen molar-refractivity contribution >= 4 is 35.1 Å². The van der Waals surface area contributed by atoms with Gasteiger partial charge in [0.2, 0.25) is 5.91 Å². The fraction of sp³-hybridized carbons (Fsp3) is 0.600. The van der Waals surface area contributed by atoms with Crippen molar-refractivity contribution in [3.8, 4) is 5.75 Å². The summed E-state index contributed by atoms with van der Waals surface area (Å²) in [6, 6.07) is 5.21. The maximum atomic E-state index is 11.6. The minimum Gasteiger partial charge on any atom is -0.492 e. The monoisotopic (exact) mass is 428 g/mol. The van der Waals surface area contributed by atoms with Crippen LogP contribution < -0.4 is 15.4 Å². The smallest absolute Gasteiger partial charge is 0.220 e. The van der Waals surface area contributed by atoms with E-state index in [2.05, 4.69) is 22.5 Å². The number of guanidine groups is 1. The van der Waals surface area contributed by atoms with Gasteiger partial charge in [-0.1, -0.05) is 23.2 Å². The maximum Gasteiger partial charge on any atom is 0.220 e. The quantitative estimate of drug-likeness (QED) is 0.377. The number of amides is 1. The summed E-state index contributed by atoms with van der Waals surface area (Å²) in [4.78, 5) is 18.6. The Morgan fingerprint density at radius 1 is 1.32 bits per heavy atom. The lowest BCUT2D eigenvalue weighted by molar-refractivity contribution is -0.121. The summed E-state index contributed by atoms with van der Waals surface area (Å²) < 4.78 is 5.71. The number of halogens is 2. The first-order valence-electron chi connectivity index (χ1n) is 9.85. The molecule has 0 spiro atoms. The SMILES string of the molecule is CCNC(=NCCCOc1ccc(Cl)cc1Cl)N1CCC(CC(=O)NC)CC1. The molecule has 1 amide bonds. The van der Waals surface area contributed by atoms with Gasteiger partial charge in [0, 0.05) is 51.1 Å². The van der Waals surface area contributed by atoms with Crippen molar-refractivity contribution in [2.24, 2.45) is 10.9 Å². The van der Waals surface area contributed by atoms with Crippen LogP contribution in [0.4, 0.5) is 0 Å². The molecule has 0 atom stereocenters. The van der Waals surface area contributed by atoms with Gasteiger partial charge in [0.1, 0.15) is 5.75 Å². The number of likely N-dealkylation sites (tertiary alicyclic amines) is 1. The molecule has 0 saturated carbocycles. The molecule has 8 heteroatoms. The van der Waals surface area contributed by atoms with E-state index in [-0.39, 0.29) is 5.91 Å². The van der Waals surface area contributed by atoms with Crippen molar-refractivity contribution in [1.29, 1.82) is 0 Å². The number of hydrogen-bond donors (Lipinski definition) is 2. The van der Waals surface area contributed by atoms with Crippen LogP contribution in [-0.4, -0.2) is 56.6 Å². The summed E-state index contributed by atoms with van der Waals surface area (Å²) in [6.07, 6.45) is 3.43. The number of nitrogens with zero attached hydrogens (tertiary/aromatic N) is 2. The third-order valence-corrected chi connectivity index (χ3v) is 5.25. The van der Waals surface area contributed by atoms with Gasteiger partial charge in [0.25, 0.3) is 0 Å². The Kier molecular flexibility index (Phi) is 9.71. The zero-order valence-electron chi connectivity index (χ0n) is 16.6. The molecule has 1 aliphatic rings. The average molecular weight is 429 g/mol. The second kappa shape index (κ2) is 12.0. The van der Waals surface area contributed by atoms with Crippen LogP contribution in [0.5, 0.6) is 5.75 Å². The molecule has 6 nitrogen and oxygen atoms in total. The average Bonchev–Trinajstić information content (AvgIpc) is 2.69. The normalized spacial score (nSPS) is 15.4. The van der Waals surface area contributed by atoms with E-state index < -0.39 is 0 Å². The highest BCUT2D eigenvalue weighted by Crippen LogP contribution is 2.27. The van der Waals surface area contributed by atoms with Gasteiger partial charge < -0.3 is 20.3 Å². The minimum atomic E-state index is 0.125. The molecule has 1 aromatic rings. The van der Waals surface area contributed by atoms with Crippen LogP contribution in [0.2, 0.25) is 10.0 Å². The predicted molar refractivity (Wildman–Crippen MR) is 116 cm³/mol. The molecule has 1 fully saturated rings. The van der Waals surface area contributed by atoms with Crippen molar-refractivity contribution in [1.82, 2.24) is 15.5 Å². The minimum absolute atomic E-state index is 0.125. The van der Waals surface area contributed by atoms with E-state index in [1.54, 1.807) is 25.2 Å². The number of aliphatic imine (C=N–C) groups is 1. The van der Waals surface area contributed by atoms with E-state index in [1.807, 2.05) is 0 Å². The standard InChI is InChI=1S/C20H30Cl2N4O2/c1-3-24-20(26-10-7-15(8-11-26)13-19(27)23-2)25-9-4-12-28-18-6-5-16(21)14-17(18)22/h5-6,14-15H,3-4,7-13H2,1-2H3,(H,23,27)(H,24,25). The Morgan fingerprint density at radius 3 is 2.71 bits per heavy atom. The number of ether oxygens (including phenoxy) is 1. The van der Waals surface area contributed by atoms with Crippen LogP contribution >= 0.6 is 23.2 Å². The molecule has 0 radical (unpaired) electrons. The van der Waals surface area contributed by atoms with E-state index >= 15 is 0 Å². The van der Waals surface area contributed by atoms with Gasteiger partial charge in [-0.2, -0.15) is 0 Å². The second-order valence-electron chi connectivity index (χ2n) is 6.82. The molecule has 156 valence electrons. The third kappa shape index (κ3) is 7.40. The van der Waals surface area contributed by atoms with Crippen LogP contribution in [0.15, 0.2) is 23.2 Å². The van der Waals surface area contributed by atoms with Crippen LogP contribution in [-0.2, 0) is 4.79 Å². The summed E-state index contributed by atoms with van der Waals surface area (Å²) in [5, 5.41) is 7.18. The number of piperidine rings is 1. The van der Waals surface area contributed by atoms with Gasteiger partial charge in [0.15, 0.2) is 5.96 Å². The zero-order valence-corrected chi connectivity index (χ0v) is 18.2. The zero-order chi connectivity index (χ0) is 20.4. The van der Waals surface area contributed by atoms with Crippen LogP contribution in [0.1, 0.15) is 32.6 Å². The largest absolute Gasteiger partial charge is 0.492 e. The molecule has 0 aromatic heterocycles. The van der Waals surface area contributed by atoms with Crippen LogP contribution in [0.25, 0.3) is 0 Å². The number of carbonyl (C=O) groups is 1. The molecular formula is C20H30Cl2N4O2. The highest BCUT2D eigenvalue weighted by molar-refractivity contribution is 6.35. The second-order valence-corrected chi connectivity index (χ2v) is 7.66. The van der Waals surface area contributed by atoms with Gasteiger partial charge in [-0.25, -0.2) is 0 Å².